The molecule has 0 radical (unpaired) electrons. The van der Waals surface area contributed by atoms with Crippen molar-refractivity contribution in [2.75, 3.05) is 5.32 Å². The molecule has 0 saturated heterocycles. The monoisotopic (exact) mass is 387 g/mol. The summed E-state index contributed by atoms with van der Waals surface area (Å²) in [7, 11) is 0. The van der Waals surface area contributed by atoms with Crippen molar-refractivity contribution in [3.05, 3.63) is 48.0 Å². The van der Waals surface area contributed by atoms with Crippen molar-refractivity contribution < 1.29 is 0 Å². The van der Waals surface area contributed by atoms with Gasteiger partial charge in [0.05, 0.1) is 3.79 Å². The van der Waals surface area contributed by atoms with Crippen molar-refractivity contribution in [1.82, 2.24) is 0 Å². The number of aryl methyl sites for hydroxylation is 3. The molecule has 96 valence electrons. The van der Waals surface area contributed by atoms with Gasteiger partial charge in [-0.05, 0) is 69.8 Å². The van der Waals surface area contributed by atoms with Crippen LogP contribution in [0.1, 0.15) is 21.6 Å². The smallest absolute Gasteiger partial charge is 0.0843 e. The number of thiophene rings is 1. The van der Waals surface area contributed by atoms with E-state index in [1.165, 1.54) is 27.3 Å². The summed E-state index contributed by atoms with van der Waals surface area (Å²) in [5.74, 6) is 0. The zero-order valence-corrected chi connectivity index (χ0v) is 14.6. The summed E-state index contributed by atoms with van der Waals surface area (Å²) in [6, 6.07) is 6.59. The molecule has 0 bridgehead atoms. The Kier molecular flexibility index (Phi) is 4.51. The van der Waals surface area contributed by atoms with Crippen LogP contribution in [0.2, 0.25) is 0 Å². The quantitative estimate of drug-likeness (QED) is 0.699. The number of halogens is 2. The van der Waals surface area contributed by atoms with Crippen LogP contribution in [0.15, 0.2) is 26.5 Å². The molecular weight excluding hydrogens is 374 g/mol. The van der Waals surface area contributed by atoms with Gasteiger partial charge in [-0.2, -0.15) is 0 Å². The van der Waals surface area contributed by atoms with E-state index in [4.69, 9.17) is 0 Å². The fourth-order valence-electron chi connectivity index (χ4n) is 2.11. The number of hydrogen-bond acceptors (Lipinski definition) is 2. The lowest BCUT2D eigenvalue weighted by Gasteiger charge is -2.13. The van der Waals surface area contributed by atoms with E-state index in [1.54, 1.807) is 11.3 Å². The largest absolute Gasteiger partial charge is 0.380 e. The van der Waals surface area contributed by atoms with Crippen LogP contribution in [0.5, 0.6) is 0 Å². The van der Waals surface area contributed by atoms with Gasteiger partial charge >= 0.3 is 0 Å². The highest BCUT2D eigenvalue weighted by Gasteiger charge is 2.06. The van der Waals surface area contributed by atoms with E-state index >= 15 is 0 Å². The molecule has 0 aliphatic heterocycles. The zero-order chi connectivity index (χ0) is 13.3. The van der Waals surface area contributed by atoms with Gasteiger partial charge in [0.15, 0.2) is 0 Å². The van der Waals surface area contributed by atoms with Crippen LogP contribution in [-0.2, 0) is 6.54 Å². The van der Waals surface area contributed by atoms with Gasteiger partial charge in [0, 0.05) is 21.6 Å². The SMILES string of the molecule is Cc1cc(C)c(NCc2cc(Br)c(Br)s2)c(C)c1. The van der Waals surface area contributed by atoms with Gasteiger partial charge in [0.1, 0.15) is 0 Å². The summed E-state index contributed by atoms with van der Waals surface area (Å²) in [4.78, 5) is 1.31. The van der Waals surface area contributed by atoms with Crippen LogP contribution in [0.4, 0.5) is 5.69 Å². The predicted octanol–water partition coefficient (Wildman–Crippen LogP) is 5.81. The molecule has 0 aliphatic carbocycles. The fourth-order valence-corrected chi connectivity index (χ4v) is 4.23. The lowest BCUT2D eigenvalue weighted by Crippen LogP contribution is -2.02. The Morgan fingerprint density at radius 2 is 1.67 bits per heavy atom. The summed E-state index contributed by atoms with van der Waals surface area (Å²) >= 11 is 8.80. The molecular formula is C14H15Br2NS. The second-order valence-electron chi connectivity index (χ2n) is 4.46. The van der Waals surface area contributed by atoms with Gasteiger partial charge in [-0.3, -0.25) is 0 Å². The molecule has 1 nitrogen and oxygen atoms in total. The second-order valence-corrected chi connectivity index (χ2v) is 7.77. The maximum absolute atomic E-state index is 3.53. The van der Waals surface area contributed by atoms with Crippen molar-refractivity contribution in [3.8, 4) is 0 Å². The van der Waals surface area contributed by atoms with E-state index in [-0.39, 0.29) is 0 Å². The predicted molar refractivity (Wildman–Crippen MR) is 87.7 cm³/mol. The van der Waals surface area contributed by atoms with Crippen LogP contribution in [0, 0.1) is 20.8 Å². The maximum Gasteiger partial charge on any atom is 0.0843 e. The van der Waals surface area contributed by atoms with E-state index < -0.39 is 0 Å². The molecule has 0 atom stereocenters. The summed E-state index contributed by atoms with van der Waals surface area (Å²) in [6.07, 6.45) is 0. The van der Waals surface area contributed by atoms with Gasteiger partial charge in [0.2, 0.25) is 0 Å². The minimum atomic E-state index is 0.861. The van der Waals surface area contributed by atoms with E-state index in [0.717, 1.165) is 14.8 Å². The zero-order valence-electron chi connectivity index (χ0n) is 10.6. The molecule has 0 fully saturated rings. The summed E-state index contributed by atoms with van der Waals surface area (Å²) in [5, 5.41) is 3.53. The lowest BCUT2D eigenvalue weighted by atomic mass is 10.1. The molecule has 0 aliphatic rings. The standard InChI is InChI=1S/C14H15Br2NS/c1-8-4-9(2)13(10(3)5-8)17-7-11-6-12(15)14(16)18-11/h4-6,17H,7H2,1-3H3. The number of benzene rings is 1. The van der Waals surface area contributed by atoms with Crippen LogP contribution in [-0.4, -0.2) is 0 Å². The number of nitrogens with one attached hydrogen (secondary N) is 1. The first-order chi connectivity index (χ1) is 8.47. The summed E-state index contributed by atoms with van der Waals surface area (Å²) < 4.78 is 2.28. The van der Waals surface area contributed by atoms with Crippen LogP contribution in [0.25, 0.3) is 0 Å². The van der Waals surface area contributed by atoms with E-state index in [9.17, 15) is 0 Å². The maximum atomic E-state index is 3.53. The summed E-state index contributed by atoms with van der Waals surface area (Å²) in [6.45, 7) is 7.31. The van der Waals surface area contributed by atoms with Crippen molar-refractivity contribution in [2.45, 2.75) is 27.3 Å². The molecule has 2 rings (SSSR count). The minimum Gasteiger partial charge on any atom is -0.380 e. The molecule has 4 heteroatoms. The molecule has 0 spiro atoms. The molecule has 1 aromatic carbocycles. The second kappa shape index (κ2) is 5.76. The van der Waals surface area contributed by atoms with Crippen molar-refractivity contribution in [2.24, 2.45) is 0 Å². The Morgan fingerprint density at radius 3 is 2.17 bits per heavy atom. The van der Waals surface area contributed by atoms with Crippen LogP contribution < -0.4 is 5.32 Å². The van der Waals surface area contributed by atoms with E-state index in [0.29, 0.717) is 0 Å². The first-order valence-corrected chi connectivity index (χ1v) is 8.13. The Bertz CT molecular complexity index is 533. The van der Waals surface area contributed by atoms with E-state index in [2.05, 4.69) is 76.1 Å². The lowest BCUT2D eigenvalue weighted by molar-refractivity contribution is 1.16. The van der Waals surface area contributed by atoms with Crippen LogP contribution in [0.3, 0.4) is 0 Å². The molecule has 1 heterocycles. The number of rotatable bonds is 3. The number of anilines is 1. The third-order valence-corrected chi connectivity index (χ3v) is 6.07. The molecule has 0 amide bonds. The van der Waals surface area contributed by atoms with Gasteiger partial charge in [-0.1, -0.05) is 17.7 Å². The fraction of sp³-hybridized carbons (Fsp3) is 0.286. The van der Waals surface area contributed by atoms with Crippen LogP contribution >= 0.6 is 43.2 Å². The topological polar surface area (TPSA) is 12.0 Å². The average Bonchev–Trinajstić information content (AvgIpc) is 2.56. The highest BCUT2D eigenvalue weighted by atomic mass is 79.9. The Hall–Kier alpha value is -0.320. The van der Waals surface area contributed by atoms with Gasteiger partial charge in [0.25, 0.3) is 0 Å². The first-order valence-electron chi connectivity index (χ1n) is 5.73. The normalized spacial score (nSPS) is 10.7. The highest BCUT2D eigenvalue weighted by molar-refractivity contribution is 9.13. The Labute approximate surface area is 129 Å². The van der Waals surface area contributed by atoms with Crippen molar-refractivity contribution >= 4 is 48.9 Å². The Morgan fingerprint density at radius 1 is 1.06 bits per heavy atom. The third-order valence-electron chi connectivity index (χ3n) is 2.81. The molecule has 0 saturated carbocycles. The van der Waals surface area contributed by atoms with Gasteiger partial charge in [-0.25, -0.2) is 0 Å². The molecule has 1 N–H and O–H groups in total. The highest BCUT2D eigenvalue weighted by Crippen LogP contribution is 2.33. The average molecular weight is 389 g/mol. The molecule has 18 heavy (non-hydrogen) atoms. The van der Waals surface area contributed by atoms with E-state index in [1.807, 2.05) is 0 Å². The third kappa shape index (κ3) is 3.16. The molecule has 2 aromatic rings. The van der Waals surface area contributed by atoms with Gasteiger partial charge < -0.3 is 5.32 Å². The van der Waals surface area contributed by atoms with Gasteiger partial charge in [-0.15, -0.1) is 11.3 Å². The van der Waals surface area contributed by atoms with Crippen molar-refractivity contribution in [3.63, 3.8) is 0 Å². The van der Waals surface area contributed by atoms with Crippen molar-refractivity contribution in [1.29, 1.82) is 0 Å². The first kappa shape index (κ1) is 14.1. The number of hydrogen-bond donors (Lipinski definition) is 1. The minimum absolute atomic E-state index is 0.861. The molecule has 1 aromatic heterocycles. The summed E-state index contributed by atoms with van der Waals surface area (Å²) in [5.41, 5.74) is 5.18. The molecule has 0 unspecified atom stereocenters. The Balaban J connectivity index is 2.15.